The van der Waals surface area contributed by atoms with E-state index in [-0.39, 0.29) is 0 Å². The summed E-state index contributed by atoms with van der Waals surface area (Å²) in [5.41, 5.74) is 0. The van der Waals surface area contributed by atoms with Gasteiger partial charge in [-0.2, -0.15) is 0 Å². The van der Waals surface area contributed by atoms with Crippen molar-refractivity contribution in [1.29, 1.82) is 0 Å². The molecule has 1 fully saturated rings. The Morgan fingerprint density at radius 2 is 2.12 bits per heavy atom. The summed E-state index contributed by atoms with van der Waals surface area (Å²) < 4.78 is 5.56. The van der Waals surface area contributed by atoms with Gasteiger partial charge in [0.2, 0.25) is 5.89 Å². The molecule has 1 saturated carbocycles. The SMILES string of the molecule is C1=CCC[C@@H](Nc2nnc(C3CC3)o2)C=C1. The number of hydrogen-bond acceptors (Lipinski definition) is 4. The Hall–Kier alpha value is -1.58. The minimum absolute atomic E-state index is 0.294. The van der Waals surface area contributed by atoms with Crippen LogP contribution < -0.4 is 5.32 Å². The van der Waals surface area contributed by atoms with Crippen LogP contribution in [0.1, 0.15) is 37.5 Å². The molecule has 1 atom stereocenters. The largest absolute Gasteiger partial charge is 0.408 e. The van der Waals surface area contributed by atoms with Gasteiger partial charge < -0.3 is 9.73 Å². The van der Waals surface area contributed by atoms with Gasteiger partial charge in [0.25, 0.3) is 0 Å². The van der Waals surface area contributed by atoms with E-state index in [0.29, 0.717) is 18.0 Å². The van der Waals surface area contributed by atoms with Gasteiger partial charge in [-0.1, -0.05) is 29.4 Å². The summed E-state index contributed by atoms with van der Waals surface area (Å²) in [7, 11) is 0. The highest BCUT2D eigenvalue weighted by Crippen LogP contribution is 2.39. The highest BCUT2D eigenvalue weighted by molar-refractivity contribution is 5.26. The summed E-state index contributed by atoms with van der Waals surface area (Å²) in [6.45, 7) is 0. The molecule has 0 unspecified atom stereocenters. The van der Waals surface area contributed by atoms with Crippen LogP contribution in [0.25, 0.3) is 0 Å². The van der Waals surface area contributed by atoms with Crippen LogP contribution in [0, 0.1) is 0 Å². The molecule has 2 aliphatic carbocycles. The first kappa shape index (κ1) is 9.63. The number of hydrogen-bond donors (Lipinski definition) is 1. The average molecular weight is 217 g/mol. The third-order valence-electron chi connectivity index (χ3n) is 2.91. The fourth-order valence-corrected chi connectivity index (χ4v) is 1.81. The fraction of sp³-hybridized carbons (Fsp3) is 0.500. The van der Waals surface area contributed by atoms with Gasteiger partial charge in [-0.25, -0.2) is 0 Å². The molecule has 16 heavy (non-hydrogen) atoms. The van der Waals surface area contributed by atoms with Crippen LogP contribution in [0.5, 0.6) is 0 Å². The summed E-state index contributed by atoms with van der Waals surface area (Å²) in [5, 5.41) is 11.3. The lowest BCUT2D eigenvalue weighted by atomic mass is 10.2. The van der Waals surface area contributed by atoms with Crippen molar-refractivity contribution in [2.45, 2.75) is 37.6 Å². The number of allylic oxidation sites excluding steroid dienone is 3. The quantitative estimate of drug-likeness (QED) is 0.845. The summed E-state index contributed by atoms with van der Waals surface area (Å²) in [5.74, 6) is 1.31. The first-order valence-corrected chi connectivity index (χ1v) is 5.85. The molecule has 0 bridgehead atoms. The Bertz CT molecular complexity index is 418. The molecule has 1 N–H and O–H groups in total. The van der Waals surface area contributed by atoms with Gasteiger partial charge in [0.15, 0.2) is 0 Å². The molecular formula is C12H15N3O. The van der Waals surface area contributed by atoms with Crippen molar-refractivity contribution < 1.29 is 4.42 Å². The maximum absolute atomic E-state index is 5.56. The van der Waals surface area contributed by atoms with E-state index >= 15 is 0 Å². The third kappa shape index (κ3) is 2.15. The molecule has 0 amide bonds. The highest BCUT2D eigenvalue weighted by atomic mass is 16.4. The number of nitrogens with one attached hydrogen (secondary N) is 1. The lowest BCUT2D eigenvalue weighted by Gasteiger charge is -2.10. The molecule has 1 aromatic rings. The number of nitrogens with zero attached hydrogens (tertiary/aromatic N) is 2. The van der Waals surface area contributed by atoms with Crippen LogP contribution in [0.15, 0.2) is 28.7 Å². The molecule has 1 aromatic heterocycles. The number of aromatic nitrogens is 2. The van der Waals surface area contributed by atoms with Crippen LogP contribution in [-0.4, -0.2) is 16.2 Å². The van der Waals surface area contributed by atoms with Crippen molar-refractivity contribution in [2.75, 3.05) is 5.32 Å². The van der Waals surface area contributed by atoms with E-state index in [1.54, 1.807) is 0 Å². The molecule has 0 radical (unpaired) electrons. The van der Waals surface area contributed by atoms with Gasteiger partial charge in [-0.3, -0.25) is 0 Å². The standard InChI is InChI=1S/C12H15N3O/c1-2-4-6-10(5-3-1)13-12-15-14-11(16-12)9-7-8-9/h1-3,5,9-10H,4,6-8H2,(H,13,15)/t10-/m0/s1. The van der Waals surface area contributed by atoms with Crippen LogP contribution in [-0.2, 0) is 0 Å². The second-order valence-corrected chi connectivity index (χ2v) is 4.36. The molecule has 1 heterocycles. The predicted molar refractivity (Wildman–Crippen MR) is 61.2 cm³/mol. The van der Waals surface area contributed by atoms with Crippen LogP contribution in [0.2, 0.25) is 0 Å². The Balaban J connectivity index is 1.63. The summed E-state index contributed by atoms with van der Waals surface area (Å²) in [6, 6.07) is 0.848. The monoisotopic (exact) mass is 217 g/mol. The van der Waals surface area contributed by atoms with E-state index in [4.69, 9.17) is 4.42 Å². The summed E-state index contributed by atoms with van der Waals surface area (Å²) in [4.78, 5) is 0. The third-order valence-corrected chi connectivity index (χ3v) is 2.91. The zero-order valence-corrected chi connectivity index (χ0v) is 9.10. The van der Waals surface area contributed by atoms with Crippen molar-refractivity contribution in [3.63, 3.8) is 0 Å². The van der Waals surface area contributed by atoms with Crippen molar-refractivity contribution in [2.24, 2.45) is 0 Å². The molecule has 2 aliphatic rings. The fourth-order valence-electron chi connectivity index (χ4n) is 1.81. The van der Waals surface area contributed by atoms with E-state index in [1.807, 2.05) is 0 Å². The van der Waals surface area contributed by atoms with Crippen LogP contribution in [0.3, 0.4) is 0 Å². The zero-order chi connectivity index (χ0) is 10.8. The van der Waals surface area contributed by atoms with E-state index < -0.39 is 0 Å². The van der Waals surface area contributed by atoms with Gasteiger partial charge in [0.1, 0.15) is 0 Å². The molecule has 3 rings (SSSR count). The normalized spacial score (nSPS) is 24.4. The second kappa shape index (κ2) is 4.12. The van der Waals surface area contributed by atoms with E-state index in [9.17, 15) is 0 Å². The number of anilines is 1. The van der Waals surface area contributed by atoms with Crippen molar-refractivity contribution >= 4 is 6.01 Å². The predicted octanol–water partition coefficient (Wildman–Crippen LogP) is 2.63. The Kier molecular flexibility index (Phi) is 2.48. The van der Waals surface area contributed by atoms with Crippen molar-refractivity contribution in [3.05, 3.63) is 30.2 Å². The molecule has 0 spiro atoms. The molecule has 0 saturated heterocycles. The minimum atomic E-state index is 0.294. The first-order chi connectivity index (χ1) is 7.92. The molecular weight excluding hydrogens is 202 g/mol. The van der Waals surface area contributed by atoms with Gasteiger partial charge in [0.05, 0.1) is 0 Å². The van der Waals surface area contributed by atoms with Gasteiger partial charge in [0, 0.05) is 12.0 Å². The topological polar surface area (TPSA) is 51.0 Å². The van der Waals surface area contributed by atoms with Crippen molar-refractivity contribution in [1.82, 2.24) is 10.2 Å². The minimum Gasteiger partial charge on any atom is -0.408 e. The Morgan fingerprint density at radius 3 is 3.00 bits per heavy atom. The van der Waals surface area contributed by atoms with E-state index in [2.05, 4.69) is 39.8 Å². The highest BCUT2D eigenvalue weighted by Gasteiger charge is 2.29. The molecule has 0 aromatic carbocycles. The summed E-state index contributed by atoms with van der Waals surface area (Å²) in [6.07, 6.45) is 13.0. The lowest BCUT2D eigenvalue weighted by Crippen LogP contribution is -2.16. The molecule has 84 valence electrons. The Morgan fingerprint density at radius 1 is 1.19 bits per heavy atom. The zero-order valence-electron chi connectivity index (χ0n) is 9.10. The van der Waals surface area contributed by atoms with E-state index in [0.717, 1.165) is 18.7 Å². The Labute approximate surface area is 94.4 Å². The average Bonchev–Trinajstić information content (AvgIpc) is 3.07. The maximum atomic E-state index is 5.56. The van der Waals surface area contributed by atoms with Crippen molar-refractivity contribution in [3.8, 4) is 0 Å². The second-order valence-electron chi connectivity index (χ2n) is 4.36. The van der Waals surface area contributed by atoms with E-state index in [1.165, 1.54) is 12.8 Å². The molecule has 4 nitrogen and oxygen atoms in total. The van der Waals surface area contributed by atoms with Gasteiger partial charge in [-0.15, -0.1) is 5.10 Å². The van der Waals surface area contributed by atoms with Gasteiger partial charge >= 0.3 is 6.01 Å². The lowest BCUT2D eigenvalue weighted by molar-refractivity contribution is 0.503. The van der Waals surface area contributed by atoms with Crippen LogP contribution in [0.4, 0.5) is 6.01 Å². The number of rotatable bonds is 3. The first-order valence-electron chi connectivity index (χ1n) is 5.85. The van der Waals surface area contributed by atoms with Crippen LogP contribution >= 0.6 is 0 Å². The molecule has 0 aliphatic heterocycles. The smallest absolute Gasteiger partial charge is 0.315 e. The van der Waals surface area contributed by atoms with Gasteiger partial charge in [-0.05, 0) is 25.7 Å². The maximum Gasteiger partial charge on any atom is 0.315 e. The molecule has 4 heteroatoms. The summed E-state index contributed by atoms with van der Waals surface area (Å²) >= 11 is 0.